The predicted molar refractivity (Wildman–Crippen MR) is 100 cm³/mol. The highest BCUT2D eigenvalue weighted by molar-refractivity contribution is 7.89. The van der Waals surface area contributed by atoms with Crippen molar-refractivity contribution in [1.82, 2.24) is 4.90 Å². The Bertz CT molecular complexity index is 823. The number of anilines is 1. The van der Waals surface area contributed by atoms with Crippen LogP contribution in [0.2, 0.25) is 0 Å². The first-order chi connectivity index (χ1) is 12.3. The fourth-order valence-corrected chi connectivity index (χ4v) is 2.76. The van der Waals surface area contributed by atoms with Crippen LogP contribution in [0.15, 0.2) is 59.5 Å². The van der Waals surface area contributed by atoms with E-state index in [1.165, 1.54) is 17.0 Å². The average molecular weight is 377 g/mol. The Balaban J connectivity index is 1.82. The molecule has 0 radical (unpaired) electrons. The average Bonchev–Trinajstić information content (AvgIpc) is 2.64. The molecule has 0 aromatic heterocycles. The number of primary sulfonamides is 1. The predicted octanol–water partition coefficient (Wildman–Crippen LogP) is 2.04. The Hall–Kier alpha value is -2.58. The standard InChI is InChI=1S/C18H23N3O4S/c1-20(16-8-10-17(11-9-16)26(19,23)24)12-13-21(2)18(22)25-14-15-6-4-3-5-7-15/h3-11H,12-14H2,1-2H3,(H2,19,23,24). The lowest BCUT2D eigenvalue weighted by Gasteiger charge is -2.23. The molecule has 0 aliphatic heterocycles. The van der Waals surface area contributed by atoms with E-state index in [1.807, 2.05) is 42.3 Å². The van der Waals surface area contributed by atoms with Crippen LogP contribution in [0.5, 0.6) is 0 Å². The number of hydrogen-bond acceptors (Lipinski definition) is 5. The summed E-state index contributed by atoms with van der Waals surface area (Å²) in [4.78, 5) is 15.5. The highest BCUT2D eigenvalue weighted by Crippen LogP contribution is 2.16. The highest BCUT2D eigenvalue weighted by Gasteiger charge is 2.12. The van der Waals surface area contributed by atoms with Crippen molar-refractivity contribution in [2.75, 3.05) is 32.1 Å². The SMILES string of the molecule is CN(CCN(C)c1ccc(S(N)(=O)=O)cc1)C(=O)OCc1ccccc1. The van der Waals surface area contributed by atoms with E-state index in [0.29, 0.717) is 13.1 Å². The van der Waals surface area contributed by atoms with E-state index in [-0.39, 0.29) is 11.5 Å². The monoisotopic (exact) mass is 377 g/mol. The lowest BCUT2D eigenvalue weighted by molar-refractivity contribution is 0.105. The second-order valence-electron chi connectivity index (χ2n) is 5.92. The van der Waals surface area contributed by atoms with Crippen molar-refractivity contribution in [3.05, 3.63) is 60.2 Å². The van der Waals surface area contributed by atoms with Gasteiger partial charge in [0.25, 0.3) is 0 Å². The molecule has 2 N–H and O–H groups in total. The number of rotatable bonds is 7. The molecule has 1 amide bonds. The van der Waals surface area contributed by atoms with Crippen molar-refractivity contribution in [2.24, 2.45) is 5.14 Å². The van der Waals surface area contributed by atoms with Gasteiger partial charge in [-0.25, -0.2) is 18.4 Å². The molecule has 8 heteroatoms. The first kappa shape index (κ1) is 19.7. The molecule has 0 saturated heterocycles. The van der Waals surface area contributed by atoms with Crippen molar-refractivity contribution in [3.8, 4) is 0 Å². The number of nitrogens with zero attached hydrogens (tertiary/aromatic N) is 2. The lowest BCUT2D eigenvalue weighted by atomic mass is 10.2. The molecule has 7 nitrogen and oxygen atoms in total. The quantitative estimate of drug-likeness (QED) is 0.797. The zero-order valence-corrected chi connectivity index (χ0v) is 15.6. The molecule has 0 unspecified atom stereocenters. The van der Waals surface area contributed by atoms with Crippen LogP contribution >= 0.6 is 0 Å². The minimum absolute atomic E-state index is 0.0660. The van der Waals surface area contributed by atoms with Gasteiger partial charge in [0.2, 0.25) is 10.0 Å². The third kappa shape index (κ3) is 5.75. The molecule has 0 aliphatic carbocycles. The molecule has 26 heavy (non-hydrogen) atoms. The number of amides is 1. The fourth-order valence-electron chi connectivity index (χ4n) is 2.24. The number of likely N-dealkylation sites (N-methyl/N-ethyl adjacent to an activating group) is 2. The second kappa shape index (κ2) is 8.68. The van der Waals surface area contributed by atoms with Gasteiger partial charge in [0.1, 0.15) is 6.61 Å². The molecule has 0 fully saturated rings. The van der Waals surface area contributed by atoms with Crippen LogP contribution in [0, 0.1) is 0 Å². The van der Waals surface area contributed by atoms with Crippen molar-refractivity contribution in [2.45, 2.75) is 11.5 Å². The largest absolute Gasteiger partial charge is 0.445 e. The highest BCUT2D eigenvalue weighted by atomic mass is 32.2. The van der Waals surface area contributed by atoms with Gasteiger partial charge in [0.05, 0.1) is 4.90 Å². The van der Waals surface area contributed by atoms with Crippen LogP contribution in [0.3, 0.4) is 0 Å². The normalized spacial score (nSPS) is 11.0. The number of ether oxygens (including phenoxy) is 1. The van der Waals surface area contributed by atoms with Crippen LogP contribution in [0.25, 0.3) is 0 Å². The summed E-state index contributed by atoms with van der Waals surface area (Å²) < 4.78 is 27.8. The maximum absolute atomic E-state index is 12.0. The molecule has 2 aromatic rings. The summed E-state index contributed by atoms with van der Waals surface area (Å²) >= 11 is 0. The topological polar surface area (TPSA) is 92.9 Å². The minimum atomic E-state index is -3.70. The molecule has 0 bridgehead atoms. The van der Waals surface area contributed by atoms with Crippen LogP contribution in [-0.4, -0.2) is 46.6 Å². The first-order valence-corrected chi connectivity index (χ1v) is 9.58. The summed E-state index contributed by atoms with van der Waals surface area (Å²) in [5, 5.41) is 5.09. The van der Waals surface area contributed by atoms with Crippen molar-refractivity contribution < 1.29 is 17.9 Å². The molecule has 0 heterocycles. The summed E-state index contributed by atoms with van der Waals surface area (Å²) in [6, 6.07) is 15.7. The van der Waals surface area contributed by atoms with E-state index in [1.54, 1.807) is 19.2 Å². The van der Waals surface area contributed by atoms with Gasteiger partial charge in [-0.15, -0.1) is 0 Å². The number of carbonyl (C=O) groups is 1. The number of carbonyl (C=O) groups excluding carboxylic acids is 1. The van der Waals surface area contributed by atoms with Crippen LogP contribution in [0.1, 0.15) is 5.56 Å². The van der Waals surface area contributed by atoms with Gasteiger partial charge >= 0.3 is 6.09 Å². The molecule has 2 aromatic carbocycles. The molecule has 2 rings (SSSR count). The Kier molecular flexibility index (Phi) is 6.59. The Morgan fingerprint density at radius 2 is 1.62 bits per heavy atom. The molecular weight excluding hydrogens is 354 g/mol. The van der Waals surface area contributed by atoms with Crippen LogP contribution < -0.4 is 10.0 Å². The van der Waals surface area contributed by atoms with Crippen molar-refractivity contribution in [1.29, 1.82) is 0 Å². The van der Waals surface area contributed by atoms with Gasteiger partial charge in [0, 0.05) is 32.9 Å². The van der Waals surface area contributed by atoms with Crippen LogP contribution in [0.4, 0.5) is 10.5 Å². The zero-order valence-electron chi connectivity index (χ0n) is 14.8. The summed E-state index contributed by atoms with van der Waals surface area (Å²) in [5.41, 5.74) is 1.75. The summed E-state index contributed by atoms with van der Waals surface area (Å²) in [7, 11) is -0.171. The van der Waals surface area contributed by atoms with Gasteiger partial charge in [-0.3, -0.25) is 0 Å². The number of sulfonamides is 1. The summed E-state index contributed by atoms with van der Waals surface area (Å²) in [5.74, 6) is 0. The Labute approximate surface area is 154 Å². The maximum atomic E-state index is 12.0. The molecular formula is C18H23N3O4S. The summed E-state index contributed by atoms with van der Waals surface area (Å²) in [6.07, 6.45) is -0.396. The molecule has 140 valence electrons. The van der Waals surface area contributed by atoms with E-state index in [4.69, 9.17) is 9.88 Å². The molecule has 0 spiro atoms. The second-order valence-corrected chi connectivity index (χ2v) is 7.48. The molecule has 0 saturated carbocycles. The van der Waals surface area contributed by atoms with Gasteiger partial charge in [-0.2, -0.15) is 0 Å². The lowest BCUT2D eigenvalue weighted by Crippen LogP contribution is -2.35. The number of benzene rings is 2. The van der Waals surface area contributed by atoms with E-state index < -0.39 is 16.1 Å². The third-order valence-electron chi connectivity index (χ3n) is 3.89. The maximum Gasteiger partial charge on any atom is 0.409 e. The number of hydrogen-bond donors (Lipinski definition) is 1. The van der Waals surface area contributed by atoms with Gasteiger partial charge in [-0.1, -0.05) is 30.3 Å². The molecule has 0 atom stereocenters. The minimum Gasteiger partial charge on any atom is -0.445 e. The first-order valence-electron chi connectivity index (χ1n) is 8.03. The van der Waals surface area contributed by atoms with Gasteiger partial charge in [0.15, 0.2) is 0 Å². The van der Waals surface area contributed by atoms with Crippen molar-refractivity contribution >= 4 is 21.8 Å². The summed E-state index contributed by atoms with van der Waals surface area (Å²) in [6.45, 7) is 1.25. The molecule has 0 aliphatic rings. The Morgan fingerprint density at radius 1 is 1.00 bits per heavy atom. The smallest absolute Gasteiger partial charge is 0.409 e. The fraction of sp³-hybridized carbons (Fsp3) is 0.278. The van der Waals surface area contributed by atoms with E-state index in [0.717, 1.165) is 11.3 Å². The van der Waals surface area contributed by atoms with Crippen molar-refractivity contribution in [3.63, 3.8) is 0 Å². The van der Waals surface area contributed by atoms with Crippen LogP contribution in [-0.2, 0) is 21.4 Å². The number of nitrogens with two attached hydrogens (primary N) is 1. The van der Waals surface area contributed by atoms with E-state index in [9.17, 15) is 13.2 Å². The Morgan fingerprint density at radius 3 is 2.19 bits per heavy atom. The van der Waals surface area contributed by atoms with Gasteiger partial charge in [-0.05, 0) is 29.8 Å². The van der Waals surface area contributed by atoms with E-state index in [2.05, 4.69) is 0 Å². The van der Waals surface area contributed by atoms with Gasteiger partial charge < -0.3 is 14.5 Å². The van der Waals surface area contributed by atoms with E-state index >= 15 is 0 Å². The third-order valence-corrected chi connectivity index (χ3v) is 4.82. The zero-order chi connectivity index (χ0) is 19.2.